The highest BCUT2D eigenvalue weighted by Crippen LogP contribution is 2.34. The SMILES string of the molecule is CCCNC(=O)NC(=O)COC(=O)CNc1ccc(C(F)(F)F)cc1[N+](=O)[O-]. The lowest BCUT2D eigenvalue weighted by molar-refractivity contribution is -0.384. The highest BCUT2D eigenvalue weighted by atomic mass is 19.4. The standard InChI is InChI=1S/C15H17F3N4O6/c1-2-5-19-14(25)21-12(23)8-28-13(24)7-20-10-4-3-9(15(16,17)18)6-11(10)22(26)27/h3-4,6,20H,2,5,7-8H2,1H3,(H2,19,21,23,25). The molecule has 0 aliphatic rings. The Balaban J connectivity index is 2.57. The Morgan fingerprint density at radius 1 is 1.25 bits per heavy atom. The molecule has 0 aromatic heterocycles. The van der Waals surface area contributed by atoms with Gasteiger partial charge in [-0.2, -0.15) is 13.2 Å². The van der Waals surface area contributed by atoms with Crippen LogP contribution in [0.25, 0.3) is 0 Å². The van der Waals surface area contributed by atoms with Gasteiger partial charge in [-0.15, -0.1) is 0 Å². The minimum atomic E-state index is -4.76. The number of anilines is 1. The molecule has 3 amide bonds. The van der Waals surface area contributed by atoms with Crippen LogP contribution in [-0.4, -0.2) is 42.5 Å². The first kappa shape index (κ1) is 22.7. The molecule has 0 radical (unpaired) electrons. The van der Waals surface area contributed by atoms with Gasteiger partial charge < -0.3 is 15.4 Å². The van der Waals surface area contributed by atoms with Crippen molar-refractivity contribution < 1.29 is 37.2 Å². The molecule has 0 atom stereocenters. The molecule has 0 aliphatic heterocycles. The van der Waals surface area contributed by atoms with Crippen molar-refractivity contribution in [3.63, 3.8) is 0 Å². The summed E-state index contributed by atoms with van der Waals surface area (Å²) >= 11 is 0. The molecular weight excluding hydrogens is 389 g/mol. The van der Waals surface area contributed by atoms with E-state index in [1.54, 1.807) is 6.92 Å². The molecule has 10 nitrogen and oxygen atoms in total. The van der Waals surface area contributed by atoms with E-state index in [0.29, 0.717) is 25.1 Å². The first-order valence-electron chi connectivity index (χ1n) is 7.87. The molecule has 0 heterocycles. The van der Waals surface area contributed by atoms with E-state index in [0.717, 1.165) is 6.07 Å². The molecule has 0 bridgehead atoms. The number of hydrogen-bond donors (Lipinski definition) is 3. The third kappa shape index (κ3) is 7.47. The molecule has 154 valence electrons. The number of carbonyl (C=O) groups excluding carboxylic acids is 3. The molecule has 0 saturated heterocycles. The summed E-state index contributed by atoms with van der Waals surface area (Å²) in [5.41, 5.74) is -2.43. The van der Waals surface area contributed by atoms with Crippen molar-refractivity contribution in [1.29, 1.82) is 0 Å². The summed E-state index contributed by atoms with van der Waals surface area (Å²) in [7, 11) is 0. The minimum Gasteiger partial charge on any atom is -0.454 e. The van der Waals surface area contributed by atoms with E-state index in [2.05, 4.69) is 15.4 Å². The second kappa shape index (κ2) is 10.1. The lowest BCUT2D eigenvalue weighted by Gasteiger charge is -2.10. The fourth-order valence-electron chi connectivity index (χ4n) is 1.82. The number of alkyl halides is 3. The number of ether oxygens (including phenoxy) is 1. The van der Waals surface area contributed by atoms with Crippen LogP contribution >= 0.6 is 0 Å². The maximum absolute atomic E-state index is 12.6. The monoisotopic (exact) mass is 406 g/mol. The molecule has 1 aromatic rings. The van der Waals surface area contributed by atoms with E-state index in [4.69, 9.17) is 0 Å². The number of nitro groups is 1. The van der Waals surface area contributed by atoms with Crippen LogP contribution in [0.4, 0.5) is 29.3 Å². The number of hydrogen-bond acceptors (Lipinski definition) is 7. The summed E-state index contributed by atoms with van der Waals surface area (Å²) in [5, 5.41) is 17.5. The van der Waals surface area contributed by atoms with Crippen molar-refractivity contribution in [1.82, 2.24) is 10.6 Å². The third-order valence-electron chi connectivity index (χ3n) is 3.10. The van der Waals surface area contributed by atoms with Crippen LogP contribution in [0.5, 0.6) is 0 Å². The van der Waals surface area contributed by atoms with Gasteiger partial charge in [0.2, 0.25) is 0 Å². The maximum atomic E-state index is 12.6. The van der Waals surface area contributed by atoms with Gasteiger partial charge in [-0.1, -0.05) is 6.92 Å². The fourth-order valence-corrected chi connectivity index (χ4v) is 1.82. The minimum absolute atomic E-state index is 0.329. The number of nitrogens with zero attached hydrogens (tertiary/aromatic N) is 1. The lowest BCUT2D eigenvalue weighted by atomic mass is 10.1. The number of urea groups is 1. The number of nitrogens with one attached hydrogen (secondary N) is 3. The van der Waals surface area contributed by atoms with Gasteiger partial charge >= 0.3 is 18.2 Å². The highest BCUT2D eigenvalue weighted by Gasteiger charge is 2.33. The second-order valence-corrected chi connectivity index (χ2v) is 5.31. The average molecular weight is 406 g/mol. The fraction of sp³-hybridized carbons (Fsp3) is 0.400. The Kier molecular flexibility index (Phi) is 8.16. The quantitative estimate of drug-likeness (QED) is 0.340. The van der Waals surface area contributed by atoms with E-state index in [9.17, 15) is 37.7 Å². The van der Waals surface area contributed by atoms with Gasteiger partial charge in [-0.3, -0.25) is 25.0 Å². The molecular formula is C15H17F3N4O6. The zero-order valence-electron chi connectivity index (χ0n) is 14.6. The average Bonchev–Trinajstić information content (AvgIpc) is 2.61. The summed E-state index contributed by atoms with van der Waals surface area (Å²) in [6.07, 6.45) is -4.11. The van der Waals surface area contributed by atoms with Crippen LogP contribution in [0.3, 0.4) is 0 Å². The number of halogens is 3. The molecule has 0 unspecified atom stereocenters. The maximum Gasteiger partial charge on any atom is 0.416 e. The molecule has 13 heteroatoms. The van der Waals surface area contributed by atoms with Gasteiger partial charge in [-0.25, -0.2) is 4.79 Å². The molecule has 3 N–H and O–H groups in total. The predicted molar refractivity (Wildman–Crippen MR) is 89.4 cm³/mol. The van der Waals surface area contributed by atoms with E-state index < -0.39 is 53.4 Å². The molecule has 0 fully saturated rings. The van der Waals surface area contributed by atoms with Crippen molar-refractivity contribution >= 4 is 29.3 Å². The predicted octanol–water partition coefficient (Wildman–Crippen LogP) is 1.80. The molecule has 1 rings (SSSR count). The Bertz CT molecular complexity index is 754. The van der Waals surface area contributed by atoms with Crippen molar-refractivity contribution in [2.75, 3.05) is 25.0 Å². The van der Waals surface area contributed by atoms with Crippen LogP contribution < -0.4 is 16.0 Å². The van der Waals surface area contributed by atoms with Crippen molar-refractivity contribution in [2.45, 2.75) is 19.5 Å². The molecule has 0 saturated carbocycles. The van der Waals surface area contributed by atoms with Crippen LogP contribution in [0, 0.1) is 10.1 Å². The Morgan fingerprint density at radius 2 is 1.93 bits per heavy atom. The zero-order valence-corrected chi connectivity index (χ0v) is 14.6. The second-order valence-electron chi connectivity index (χ2n) is 5.31. The smallest absolute Gasteiger partial charge is 0.416 e. The summed E-state index contributed by atoms with van der Waals surface area (Å²) < 4.78 is 42.5. The molecule has 0 aliphatic carbocycles. The number of rotatable bonds is 8. The van der Waals surface area contributed by atoms with Crippen LogP contribution in [0.1, 0.15) is 18.9 Å². The number of esters is 1. The Morgan fingerprint density at radius 3 is 2.50 bits per heavy atom. The van der Waals surface area contributed by atoms with E-state index in [-0.39, 0.29) is 5.69 Å². The summed E-state index contributed by atoms with van der Waals surface area (Å²) in [6, 6.07) is 0.985. The topological polar surface area (TPSA) is 140 Å². The number of benzene rings is 1. The Hall–Kier alpha value is -3.38. The Labute approximate surface area is 156 Å². The molecule has 1 aromatic carbocycles. The van der Waals surface area contributed by atoms with E-state index >= 15 is 0 Å². The summed E-state index contributed by atoms with van der Waals surface area (Å²) in [6.45, 7) is 0.712. The van der Waals surface area contributed by atoms with E-state index in [1.807, 2.05) is 5.32 Å². The van der Waals surface area contributed by atoms with Crippen LogP contribution in [0.2, 0.25) is 0 Å². The summed E-state index contributed by atoms with van der Waals surface area (Å²) in [4.78, 5) is 44.1. The van der Waals surface area contributed by atoms with Crippen molar-refractivity contribution in [3.8, 4) is 0 Å². The van der Waals surface area contributed by atoms with E-state index in [1.165, 1.54) is 0 Å². The lowest BCUT2D eigenvalue weighted by Crippen LogP contribution is -2.41. The van der Waals surface area contributed by atoms with Crippen molar-refractivity contribution in [3.05, 3.63) is 33.9 Å². The third-order valence-corrected chi connectivity index (χ3v) is 3.10. The van der Waals surface area contributed by atoms with Crippen molar-refractivity contribution in [2.24, 2.45) is 0 Å². The normalized spacial score (nSPS) is 10.7. The zero-order chi connectivity index (χ0) is 21.3. The highest BCUT2D eigenvalue weighted by molar-refractivity contribution is 5.95. The van der Waals surface area contributed by atoms with Gasteiger partial charge in [0.1, 0.15) is 12.2 Å². The van der Waals surface area contributed by atoms with Gasteiger partial charge in [0.15, 0.2) is 6.61 Å². The summed E-state index contributed by atoms with van der Waals surface area (Å²) in [5.74, 6) is -1.92. The number of imide groups is 1. The first-order valence-corrected chi connectivity index (χ1v) is 7.87. The van der Waals surface area contributed by atoms with Gasteiger partial charge in [-0.05, 0) is 18.6 Å². The molecule has 0 spiro atoms. The molecule has 28 heavy (non-hydrogen) atoms. The van der Waals surface area contributed by atoms with Gasteiger partial charge in [0.05, 0.1) is 10.5 Å². The number of amides is 3. The number of carbonyl (C=O) groups is 3. The number of nitro benzene ring substituents is 1. The first-order chi connectivity index (χ1) is 13.0. The largest absolute Gasteiger partial charge is 0.454 e. The van der Waals surface area contributed by atoms with Crippen LogP contribution in [0.15, 0.2) is 18.2 Å². The van der Waals surface area contributed by atoms with Crippen LogP contribution in [-0.2, 0) is 20.5 Å². The van der Waals surface area contributed by atoms with Gasteiger partial charge in [0.25, 0.3) is 11.6 Å². The van der Waals surface area contributed by atoms with Gasteiger partial charge in [0, 0.05) is 12.6 Å².